The molecule has 0 aromatic carbocycles. The fourth-order valence-electron chi connectivity index (χ4n) is 4.14. The molecule has 3 rings (SSSR count). The molecule has 6 nitrogen and oxygen atoms in total. The van der Waals surface area contributed by atoms with E-state index >= 15 is 0 Å². The minimum atomic E-state index is 0.126. The molecule has 1 fully saturated rings. The van der Waals surface area contributed by atoms with E-state index in [1.807, 2.05) is 19.9 Å². The van der Waals surface area contributed by atoms with Crippen molar-refractivity contribution >= 4 is 0 Å². The third-order valence-electron chi connectivity index (χ3n) is 5.89. The Morgan fingerprint density at radius 2 is 1.76 bits per heavy atom. The summed E-state index contributed by atoms with van der Waals surface area (Å²) in [5, 5.41) is 0. The third kappa shape index (κ3) is 5.06. The zero-order valence-corrected chi connectivity index (χ0v) is 18.1. The molecule has 2 aromatic heterocycles. The van der Waals surface area contributed by atoms with Crippen molar-refractivity contribution in [1.29, 1.82) is 0 Å². The molecule has 0 amide bonds. The fraction of sp³-hybridized carbons (Fsp3) is 0.565. The molecule has 1 aliphatic carbocycles. The molecule has 0 radical (unpaired) electrons. The summed E-state index contributed by atoms with van der Waals surface area (Å²) in [6.45, 7) is 6.52. The van der Waals surface area contributed by atoms with Crippen LogP contribution in [-0.2, 0) is 11.2 Å². The van der Waals surface area contributed by atoms with Gasteiger partial charge in [0.2, 0.25) is 5.88 Å². The molecule has 0 saturated heterocycles. The Labute approximate surface area is 173 Å². The summed E-state index contributed by atoms with van der Waals surface area (Å²) in [6.07, 6.45) is 6.89. The van der Waals surface area contributed by atoms with Gasteiger partial charge in [0, 0.05) is 36.4 Å². The number of nitrogens with two attached hydrogens (primary N) is 1. The molecule has 0 spiro atoms. The van der Waals surface area contributed by atoms with Gasteiger partial charge in [-0.25, -0.2) is 4.98 Å². The highest BCUT2D eigenvalue weighted by Gasteiger charge is 2.22. The number of ether oxygens (including phenoxy) is 3. The second-order valence-electron chi connectivity index (χ2n) is 7.79. The standard InChI is InChI=1S/C23H33N3O3/c1-15-16(2)23(28-13-24)25-17(3)20(15)12-19-10-11-21(29-14-27-4)22(26-19)18-8-6-5-7-9-18/h10-11,18H,5-9,12-14,24H2,1-4H3. The normalized spacial score (nSPS) is 14.8. The van der Waals surface area contributed by atoms with E-state index in [2.05, 4.69) is 18.0 Å². The van der Waals surface area contributed by atoms with E-state index in [1.54, 1.807) is 7.11 Å². The van der Waals surface area contributed by atoms with E-state index in [-0.39, 0.29) is 13.5 Å². The Morgan fingerprint density at radius 1 is 1.00 bits per heavy atom. The Morgan fingerprint density at radius 3 is 2.45 bits per heavy atom. The molecular formula is C23H33N3O3. The van der Waals surface area contributed by atoms with Crippen molar-refractivity contribution in [3.05, 3.63) is 45.9 Å². The van der Waals surface area contributed by atoms with Crippen molar-refractivity contribution in [3.63, 3.8) is 0 Å². The zero-order chi connectivity index (χ0) is 20.8. The monoisotopic (exact) mass is 399 g/mol. The molecule has 158 valence electrons. The summed E-state index contributed by atoms with van der Waals surface area (Å²) in [5.41, 5.74) is 12.0. The average Bonchev–Trinajstić information content (AvgIpc) is 2.74. The maximum absolute atomic E-state index is 5.83. The largest absolute Gasteiger partial charge is 0.466 e. The summed E-state index contributed by atoms with van der Waals surface area (Å²) >= 11 is 0. The van der Waals surface area contributed by atoms with Crippen molar-refractivity contribution in [1.82, 2.24) is 9.97 Å². The molecule has 1 aliphatic rings. The lowest BCUT2D eigenvalue weighted by Gasteiger charge is -2.24. The maximum atomic E-state index is 5.83. The van der Waals surface area contributed by atoms with Gasteiger partial charge in [0.05, 0.1) is 5.69 Å². The Hall–Kier alpha value is -2.18. The number of hydrogen-bond donors (Lipinski definition) is 1. The van der Waals surface area contributed by atoms with Crippen LogP contribution in [0.4, 0.5) is 0 Å². The van der Waals surface area contributed by atoms with Crippen LogP contribution in [0.25, 0.3) is 0 Å². The first-order chi connectivity index (χ1) is 14.0. The highest BCUT2D eigenvalue weighted by atomic mass is 16.7. The van der Waals surface area contributed by atoms with Crippen LogP contribution in [0.1, 0.15) is 71.8 Å². The molecule has 29 heavy (non-hydrogen) atoms. The zero-order valence-electron chi connectivity index (χ0n) is 18.1. The Kier molecular flexibility index (Phi) is 7.45. The van der Waals surface area contributed by atoms with E-state index < -0.39 is 0 Å². The van der Waals surface area contributed by atoms with Crippen LogP contribution >= 0.6 is 0 Å². The smallest absolute Gasteiger partial charge is 0.218 e. The third-order valence-corrected chi connectivity index (χ3v) is 5.89. The van der Waals surface area contributed by atoms with E-state index in [0.717, 1.165) is 34.8 Å². The molecule has 1 saturated carbocycles. The number of hydrogen-bond acceptors (Lipinski definition) is 6. The van der Waals surface area contributed by atoms with Gasteiger partial charge in [0.1, 0.15) is 12.5 Å². The first-order valence-electron chi connectivity index (χ1n) is 10.5. The van der Waals surface area contributed by atoms with Gasteiger partial charge in [0.15, 0.2) is 6.79 Å². The molecule has 2 heterocycles. The van der Waals surface area contributed by atoms with Crippen molar-refractivity contribution < 1.29 is 14.2 Å². The van der Waals surface area contributed by atoms with Crippen LogP contribution in [0.15, 0.2) is 12.1 Å². The highest BCUT2D eigenvalue weighted by molar-refractivity contribution is 5.44. The van der Waals surface area contributed by atoms with Gasteiger partial charge in [-0.05, 0) is 56.9 Å². The van der Waals surface area contributed by atoms with Gasteiger partial charge >= 0.3 is 0 Å². The number of methoxy groups -OCH3 is 1. The Bertz CT molecular complexity index is 833. The quantitative estimate of drug-likeness (QED) is 0.666. The molecule has 0 aliphatic heterocycles. The Balaban J connectivity index is 1.92. The molecular weight excluding hydrogens is 366 g/mol. The minimum absolute atomic E-state index is 0.126. The van der Waals surface area contributed by atoms with Crippen LogP contribution in [0.5, 0.6) is 11.6 Å². The summed E-state index contributed by atoms with van der Waals surface area (Å²) in [4.78, 5) is 9.67. The van der Waals surface area contributed by atoms with Gasteiger partial charge in [-0.2, -0.15) is 0 Å². The lowest BCUT2D eigenvalue weighted by molar-refractivity contribution is 0.0496. The van der Waals surface area contributed by atoms with Crippen LogP contribution in [0.3, 0.4) is 0 Å². The predicted octanol–water partition coefficient (Wildman–Crippen LogP) is 4.32. The number of nitrogens with zero attached hydrogens (tertiary/aromatic N) is 2. The van der Waals surface area contributed by atoms with E-state index in [1.165, 1.54) is 43.2 Å². The predicted molar refractivity (Wildman–Crippen MR) is 114 cm³/mol. The van der Waals surface area contributed by atoms with E-state index in [4.69, 9.17) is 24.9 Å². The van der Waals surface area contributed by atoms with Gasteiger partial charge in [-0.3, -0.25) is 10.7 Å². The van der Waals surface area contributed by atoms with E-state index in [0.29, 0.717) is 11.8 Å². The maximum Gasteiger partial charge on any atom is 0.218 e. The van der Waals surface area contributed by atoms with Crippen molar-refractivity contribution in [2.75, 3.05) is 20.6 Å². The molecule has 0 unspecified atom stereocenters. The topological polar surface area (TPSA) is 79.5 Å². The molecule has 0 atom stereocenters. The van der Waals surface area contributed by atoms with Crippen LogP contribution < -0.4 is 15.2 Å². The van der Waals surface area contributed by atoms with Crippen molar-refractivity contribution in [2.24, 2.45) is 5.73 Å². The van der Waals surface area contributed by atoms with Crippen molar-refractivity contribution in [3.8, 4) is 11.6 Å². The second-order valence-corrected chi connectivity index (χ2v) is 7.79. The number of aromatic nitrogens is 2. The minimum Gasteiger partial charge on any atom is -0.466 e. The first kappa shape index (κ1) is 21.5. The van der Waals surface area contributed by atoms with Crippen LogP contribution in [0, 0.1) is 20.8 Å². The van der Waals surface area contributed by atoms with Gasteiger partial charge in [0.25, 0.3) is 0 Å². The van der Waals surface area contributed by atoms with Gasteiger partial charge < -0.3 is 14.2 Å². The second kappa shape index (κ2) is 10.0. The summed E-state index contributed by atoms with van der Waals surface area (Å²) in [5.74, 6) is 1.92. The van der Waals surface area contributed by atoms with Crippen LogP contribution in [0.2, 0.25) is 0 Å². The summed E-state index contributed by atoms with van der Waals surface area (Å²) in [6, 6.07) is 4.10. The molecule has 2 N–H and O–H groups in total. The summed E-state index contributed by atoms with van der Waals surface area (Å²) in [7, 11) is 1.64. The first-order valence-corrected chi connectivity index (χ1v) is 10.5. The highest BCUT2D eigenvalue weighted by Crippen LogP contribution is 2.37. The van der Waals surface area contributed by atoms with E-state index in [9.17, 15) is 0 Å². The fourth-order valence-corrected chi connectivity index (χ4v) is 4.14. The lowest BCUT2D eigenvalue weighted by Crippen LogP contribution is -2.13. The van der Waals surface area contributed by atoms with Gasteiger partial charge in [-0.1, -0.05) is 19.3 Å². The molecule has 0 bridgehead atoms. The van der Waals surface area contributed by atoms with Gasteiger partial charge in [-0.15, -0.1) is 0 Å². The van der Waals surface area contributed by atoms with Crippen molar-refractivity contribution in [2.45, 2.75) is 65.2 Å². The van der Waals surface area contributed by atoms with Crippen LogP contribution in [-0.4, -0.2) is 30.6 Å². The molecule has 2 aromatic rings. The lowest BCUT2D eigenvalue weighted by atomic mass is 9.86. The number of rotatable bonds is 8. The average molecular weight is 400 g/mol. The SMILES string of the molecule is COCOc1ccc(Cc2c(C)nc(OCN)c(C)c2C)nc1C1CCCCC1. The summed E-state index contributed by atoms with van der Waals surface area (Å²) < 4.78 is 16.4. The molecule has 6 heteroatoms. The number of pyridine rings is 2. The number of aryl methyl sites for hydroxylation is 1.